The van der Waals surface area contributed by atoms with Crippen LogP contribution in [0.15, 0.2) is 73.1 Å². The molecule has 0 atom stereocenters. The molecule has 2 aromatic heterocycles. The first-order chi connectivity index (χ1) is 16.4. The molecule has 0 radical (unpaired) electrons. The van der Waals surface area contributed by atoms with E-state index in [1.54, 1.807) is 33.2 Å². The monoisotopic (exact) mass is 457 g/mol. The van der Waals surface area contributed by atoms with Gasteiger partial charge >= 0.3 is 5.97 Å². The minimum absolute atomic E-state index is 0.183. The Morgan fingerprint density at radius 2 is 1.47 bits per heavy atom. The van der Waals surface area contributed by atoms with Crippen molar-refractivity contribution in [2.24, 2.45) is 5.41 Å². The largest absolute Gasteiger partial charge is 0.497 e. The Hall–Kier alpha value is -4.13. The number of methoxy groups -OCH3 is 2. The first-order valence-electron chi connectivity index (χ1n) is 10.9. The van der Waals surface area contributed by atoms with Gasteiger partial charge in [-0.3, -0.25) is 4.79 Å². The molecule has 0 saturated carbocycles. The first-order valence-corrected chi connectivity index (χ1v) is 10.9. The van der Waals surface area contributed by atoms with Gasteiger partial charge in [0.1, 0.15) is 18.2 Å². The maximum absolute atomic E-state index is 11.8. The molecule has 1 N–H and O–H groups in total. The Morgan fingerprint density at radius 1 is 0.824 bits per heavy atom. The van der Waals surface area contributed by atoms with Gasteiger partial charge < -0.3 is 19.2 Å². The van der Waals surface area contributed by atoms with E-state index in [0.29, 0.717) is 5.88 Å². The number of benzene rings is 2. The molecule has 7 nitrogen and oxygen atoms in total. The molecule has 7 heteroatoms. The third-order valence-corrected chi connectivity index (χ3v) is 5.52. The third kappa shape index (κ3) is 5.09. The van der Waals surface area contributed by atoms with Crippen LogP contribution in [0.25, 0.3) is 33.8 Å². The van der Waals surface area contributed by atoms with Crippen molar-refractivity contribution in [3.8, 4) is 45.4 Å². The molecular formula is C27H27N3O4. The second-order valence-electron chi connectivity index (χ2n) is 8.50. The van der Waals surface area contributed by atoms with Gasteiger partial charge in [-0.2, -0.15) is 0 Å². The van der Waals surface area contributed by atoms with Crippen LogP contribution in [-0.2, 0) is 9.53 Å². The van der Waals surface area contributed by atoms with Crippen LogP contribution in [0.5, 0.6) is 11.6 Å². The zero-order valence-corrected chi connectivity index (χ0v) is 19.7. The predicted octanol–water partition coefficient (Wildman–Crippen LogP) is 5.39. The van der Waals surface area contributed by atoms with Crippen LogP contribution in [0.2, 0.25) is 0 Å². The van der Waals surface area contributed by atoms with Gasteiger partial charge in [0, 0.05) is 23.4 Å². The molecule has 0 fully saturated rings. The fourth-order valence-corrected chi connectivity index (χ4v) is 3.43. The number of nitrogens with one attached hydrogen (secondary N) is 1. The second kappa shape index (κ2) is 9.79. The molecule has 0 spiro atoms. The summed E-state index contributed by atoms with van der Waals surface area (Å²) < 4.78 is 15.7. The molecule has 0 amide bonds. The van der Waals surface area contributed by atoms with Gasteiger partial charge in [0.25, 0.3) is 0 Å². The number of rotatable bonds is 8. The number of aromatic nitrogens is 3. The van der Waals surface area contributed by atoms with E-state index in [4.69, 9.17) is 14.2 Å². The number of hydrogen-bond acceptors (Lipinski definition) is 6. The molecule has 0 saturated heterocycles. The summed E-state index contributed by atoms with van der Waals surface area (Å²) in [4.78, 5) is 24.1. The lowest BCUT2D eigenvalue weighted by Gasteiger charge is -2.21. The van der Waals surface area contributed by atoms with E-state index in [1.165, 1.54) is 7.11 Å². The fraction of sp³-hybridized carbons (Fsp3) is 0.222. The summed E-state index contributed by atoms with van der Waals surface area (Å²) in [5.74, 6) is 1.75. The Morgan fingerprint density at radius 3 is 2.09 bits per heavy atom. The summed E-state index contributed by atoms with van der Waals surface area (Å²) in [7, 11) is 3.02. The molecule has 174 valence electrons. The van der Waals surface area contributed by atoms with Crippen molar-refractivity contribution in [1.29, 1.82) is 0 Å². The van der Waals surface area contributed by atoms with Crippen molar-refractivity contribution >= 4 is 5.97 Å². The summed E-state index contributed by atoms with van der Waals surface area (Å²) >= 11 is 0. The van der Waals surface area contributed by atoms with Crippen LogP contribution < -0.4 is 9.47 Å². The van der Waals surface area contributed by atoms with E-state index < -0.39 is 5.41 Å². The first kappa shape index (κ1) is 23.0. The van der Waals surface area contributed by atoms with Crippen molar-refractivity contribution in [3.05, 3.63) is 73.1 Å². The Labute approximate surface area is 198 Å². The predicted molar refractivity (Wildman–Crippen MR) is 131 cm³/mol. The number of imidazole rings is 1. The summed E-state index contributed by atoms with van der Waals surface area (Å²) in [6.45, 7) is 3.73. The Kier molecular flexibility index (Phi) is 6.63. The zero-order valence-electron chi connectivity index (χ0n) is 19.7. The number of carbonyl (C=O) groups is 1. The highest BCUT2D eigenvalue weighted by Gasteiger charge is 2.29. The van der Waals surface area contributed by atoms with Gasteiger partial charge in [0.15, 0.2) is 0 Å². The van der Waals surface area contributed by atoms with Gasteiger partial charge in [-0.15, -0.1) is 0 Å². The molecule has 0 aliphatic heterocycles. The summed E-state index contributed by atoms with van der Waals surface area (Å²) in [6.07, 6.45) is 3.58. The number of carbonyl (C=O) groups excluding carboxylic acids is 1. The number of aromatic amines is 1. The number of esters is 1. The highest BCUT2D eigenvalue weighted by molar-refractivity contribution is 5.76. The van der Waals surface area contributed by atoms with E-state index >= 15 is 0 Å². The summed E-state index contributed by atoms with van der Waals surface area (Å²) in [5.41, 5.74) is 4.21. The van der Waals surface area contributed by atoms with E-state index in [9.17, 15) is 4.79 Å². The van der Waals surface area contributed by atoms with Crippen molar-refractivity contribution < 1.29 is 19.0 Å². The quantitative estimate of drug-likeness (QED) is 0.357. The van der Waals surface area contributed by atoms with Gasteiger partial charge in [-0.25, -0.2) is 9.97 Å². The van der Waals surface area contributed by atoms with Gasteiger partial charge in [-0.1, -0.05) is 24.3 Å². The molecule has 4 rings (SSSR count). The molecule has 2 aromatic carbocycles. The lowest BCUT2D eigenvalue weighted by atomic mass is 9.95. The molecule has 4 aromatic rings. The number of hydrogen-bond donors (Lipinski definition) is 1. The van der Waals surface area contributed by atoms with Crippen molar-refractivity contribution in [2.45, 2.75) is 13.8 Å². The summed E-state index contributed by atoms with van der Waals surface area (Å²) in [5, 5.41) is 0. The average molecular weight is 458 g/mol. The molecule has 0 unspecified atom stereocenters. The van der Waals surface area contributed by atoms with Crippen molar-refractivity contribution in [3.63, 3.8) is 0 Å². The van der Waals surface area contributed by atoms with Crippen LogP contribution in [0.4, 0.5) is 0 Å². The molecule has 0 aliphatic rings. The lowest BCUT2D eigenvalue weighted by Crippen LogP contribution is -2.32. The summed E-state index contributed by atoms with van der Waals surface area (Å²) in [6, 6.07) is 19.7. The third-order valence-electron chi connectivity index (χ3n) is 5.52. The van der Waals surface area contributed by atoms with E-state index in [0.717, 1.165) is 39.5 Å². The second-order valence-corrected chi connectivity index (χ2v) is 8.50. The average Bonchev–Trinajstić information content (AvgIpc) is 3.38. The van der Waals surface area contributed by atoms with Crippen LogP contribution in [0.1, 0.15) is 13.8 Å². The van der Waals surface area contributed by atoms with Crippen LogP contribution in [-0.4, -0.2) is 41.7 Å². The fourth-order valence-electron chi connectivity index (χ4n) is 3.43. The van der Waals surface area contributed by atoms with Crippen LogP contribution in [0, 0.1) is 5.41 Å². The minimum Gasteiger partial charge on any atom is -0.497 e. The number of ether oxygens (including phenoxy) is 3. The van der Waals surface area contributed by atoms with Gasteiger partial charge in [0.2, 0.25) is 5.88 Å². The lowest BCUT2D eigenvalue weighted by molar-refractivity contribution is -0.152. The van der Waals surface area contributed by atoms with Crippen LogP contribution in [0.3, 0.4) is 0 Å². The van der Waals surface area contributed by atoms with Crippen molar-refractivity contribution in [2.75, 3.05) is 20.8 Å². The topological polar surface area (TPSA) is 86.3 Å². The standard InChI is InChI=1S/C27H27N3O4/c1-27(2,26(31)33-4)17-34-24-14-11-21(15-28-24)18-5-7-20(8-6-18)25-29-16-23(30-25)19-9-12-22(32-3)13-10-19/h5-16H,17H2,1-4H3,(H,29,30). The van der Waals surface area contributed by atoms with E-state index in [-0.39, 0.29) is 12.6 Å². The molecule has 34 heavy (non-hydrogen) atoms. The van der Waals surface area contributed by atoms with Gasteiger partial charge in [-0.05, 0) is 55.3 Å². The van der Waals surface area contributed by atoms with E-state index in [1.807, 2.05) is 60.8 Å². The maximum Gasteiger partial charge on any atom is 0.314 e. The maximum atomic E-state index is 11.8. The number of pyridine rings is 1. The Bertz CT molecular complexity index is 1240. The molecule has 0 bridgehead atoms. The highest BCUT2D eigenvalue weighted by Crippen LogP contribution is 2.27. The molecular weight excluding hydrogens is 430 g/mol. The minimum atomic E-state index is -0.746. The normalized spacial score (nSPS) is 11.2. The zero-order chi connectivity index (χ0) is 24.1. The molecule has 2 heterocycles. The van der Waals surface area contributed by atoms with E-state index in [2.05, 4.69) is 15.0 Å². The smallest absolute Gasteiger partial charge is 0.314 e. The van der Waals surface area contributed by atoms with Crippen molar-refractivity contribution in [1.82, 2.24) is 15.0 Å². The molecule has 0 aliphatic carbocycles. The number of H-pyrrole nitrogens is 1. The SMILES string of the molecule is COC(=O)C(C)(C)COc1ccc(-c2ccc(-c3ncc(-c4ccc(OC)cc4)[nH]3)cc2)cn1. The van der Waals surface area contributed by atoms with Crippen LogP contribution >= 0.6 is 0 Å². The highest BCUT2D eigenvalue weighted by atomic mass is 16.5. The number of nitrogens with zero attached hydrogens (tertiary/aromatic N) is 2. The Balaban J connectivity index is 1.42. The van der Waals surface area contributed by atoms with Gasteiger partial charge in [0.05, 0.1) is 31.5 Å².